The summed E-state index contributed by atoms with van der Waals surface area (Å²) in [5.41, 5.74) is 2.59. The molecule has 0 bridgehead atoms. The van der Waals surface area contributed by atoms with Crippen LogP contribution in [-0.4, -0.2) is 14.1 Å². The summed E-state index contributed by atoms with van der Waals surface area (Å²) in [6, 6.07) is 15.0. The number of hydrogen-bond donors (Lipinski definition) is 0. The van der Waals surface area contributed by atoms with Gasteiger partial charge in [0.05, 0.1) is 5.69 Å². The fourth-order valence-electron chi connectivity index (χ4n) is 1.82. The van der Waals surface area contributed by atoms with Crippen LogP contribution in [0.2, 0.25) is 0 Å². The van der Waals surface area contributed by atoms with Gasteiger partial charge in [0.2, 0.25) is 0 Å². The Morgan fingerprint density at radius 2 is 1.56 bits per heavy atom. The van der Waals surface area contributed by atoms with Gasteiger partial charge in [-0.3, -0.25) is 0 Å². The smallest absolute Gasteiger partial charge is 0.147 e. The molecule has 0 spiro atoms. The third-order valence-corrected chi connectivity index (χ3v) is 2.52. The lowest BCUT2D eigenvalue weighted by molar-refractivity contribution is 0.626. The summed E-state index contributed by atoms with van der Waals surface area (Å²) in [6.45, 7) is 0. The van der Waals surface area contributed by atoms with Crippen LogP contribution < -0.4 is 4.90 Å². The number of hydrogen-bond acceptors (Lipinski definition) is 1. The van der Waals surface area contributed by atoms with Crippen molar-refractivity contribution in [3.8, 4) is 11.1 Å². The largest absolute Gasteiger partial charge is 0.375 e. The first kappa shape index (κ1) is 10.7. The lowest BCUT2D eigenvalue weighted by Gasteiger charge is -2.18. The Balaban J connectivity index is 2.61. The Morgan fingerprint density at radius 3 is 2.19 bits per heavy atom. The van der Waals surface area contributed by atoms with Crippen molar-refractivity contribution in [1.82, 2.24) is 0 Å². The lowest BCUT2D eigenvalue weighted by atomic mass is 10.0. The van der Waals surface area contributed by atoms with Crippen LogP contribution in [0.5, 0.6) is 0 Å². The zero-order valence-corrected chi connectivity index (χ0v) is 9.44. The van der Waals surface area contributed by atoms with Crippen LogP contribution in [0.4, 0.5) is 10.1 Å². The van der Waals surface area contributed by atoms with Crippen LogP contribution in [0.3, 0.4) is 0 Å². The molecule has 16 heavy (non-hydrogen) atoms. The van der Waals surface area contributed by atoms with Crippen LogP contribution in [0.1, 0.15) is 0 Å². The Morgan fingerprint density at radius 1 is 0.875 bits per heavy atom. The molecule has 0 heterocycles. The van der Waals surface area contributed by atoms with Gasteiger partial charge in [-0.1, -0.05) is 42.5 Å². The van der Waals surface area contributed by atoms with Gasteiger partial charge in [0.1, 0.15) is 5.82 Å². The fraction of sp³-hybridized carbons (Fsp3) is 0.143. The Labute approximate surface area is 95.1 Å². The van der Waals surface area contributed by atoms with Gasteiger partial charge in [-0.15, -0.1) is 0 Å². The molecule has 0 aromatic heterocycles. The van der Waals surface area contributed by atoms with E-state index in [9.17, 15) is 4.39 Å². The van der Waals surface area contributed by atoms with E-state index in [0.717, 1.165) is 11.1 Å². The molecule has 0 N–H and O–H groups in total. The highest BCUT2D eigenvalue weighted by Gasteiger charge is 2.11. The van der Waals surface area contributed by atoms with Gasteiger partial charge in [0, 0.05) is 19.7 Å². The van der Waals surface area contributed by atoms with E-state index in [1.54, 1.807) is 11.0 Å². The predicted molar refractivity (Wildman–Crippen MR) is 66.2 cm³/mol. The van der Waals surface area contributed by atoms with Crippen molar-refractivity contribution in [2.24, 2.45) is 0 Å². The maximum Gasteiger partial charge on any atom is 0.147 e. The van der Waals surface area contributed by atoms with Crippen LogP contribution in [0.15, 0.2) is 48.5 Å². The highest BCUT2D eigenvalue weighted by atomic mass is 19.1. The SMILES string of the molecule is CN(C)c1c(F)cccc1-c1ccccc1. The Hall–Kier alpha value is -1.83. The molecule has 82 valence electrons. The van der Waals surface area contributed by atoms with E-state index in [1.807, 2.05) is 50.5 Å². The Bertz CT molecular complexity index is 477. The Kier molecular flexibility index (Phi) is 2.91. The zero-order valence-electron chi connectivity index (χ0n) is 9.44. The van der Waals surface area contributed by atoms with Crippen molar-refractivity contribution in [3.63, 3.8) is 0 Å². The second kappa shape index (κ2) is 4.35. The molecule has 0 saturated heterocycles. The number of para-hydroxylation sites is 1. The maximum absolute atomic E-state index is 13.7. The van der Waals surface area contributed by atoms with Crippen molar-refractivity contribution in [2.45, 2.75) is 0 Å². The molecule has 1 nitrogen and oxygen atoms in total. The number of halogens is 1. The van der Waals surface area contributed by atoms with Gasteiger partial charge in [0.15, 0.2) is 0 Å². The van der Waals surface area contributed by atoms with E-state index < -0.39 is 0 Å². The molecular formula is C14H14FN. The van der Waals surface area contributed by atoms with E-state index in [-0.39, 0.29) is 5.82 Å². The number of rotatable bonds is 2. The van der Waals surface area contributed by atoms with Crippen LogP contribution in [0, 0.1) is 5.82 Å². The third kappa shape index (κ3) is 1.91. The molecule has 0 saturated carbocycles. The molecule has 0 aliphatic heterocycles. The van der Waals surface area contributed by atoms with Gasteiger partial charge in [-0.2, -0.15) is 0 Å². The van der Waals surface area contributed by atoms with E-state index in [4.69, 9.17) is 0 Å². The molecular weight excluding hydrogens is 201 g/mol. The molecule has 2 heteroatoms. The molecule has 0 aliphatic carbocycles. The van der Waals surface area contributed by atoms with Crippen LogP contribution in [0.25, 0.3) is 11.1 Å². The van der Waals surface area contributed by atoms with Crippen molar-refractivity contribution in [1.29, 1.82) is 0 Å². The molecule has 0 fully saturated rings. The topological polar surface area (TPSA) is 3.24 Å². The predicted octanol–water partition coefficient (Wildman–Crippen LogP) is 3.56. The molecule has 0 atom stereocenters. The van der Waals surface area contributed by atoms with Crippen LogP contribution >= 0.6 is 0 Å². The summed E-state index contributed by atoms with van der Waals surface area (Å²) < 4.78 is 13.7. The molecule has 0 amide bonds. The molecule has 0 radical (unpaired) electrons. The summed E-state index contributed by atoms with van der Waals surface area (Å²) in [5.74, 6) is -0.189. The second-order valence-corrected chi connectivity index (χ2v) is 3.90. The molecule has 2 aromatic rings. The normalized spacial score (nSPS) is 10.2. The van der Waals surface area contributed by atoms with Crippen LogP contribution in [-0.2, 0) is 0 Å². The number of anilines is 1. The lowest BCUT2D eigenvalue weighted by Crippen LogP contribution is -2.12. The average molecular weight is 215 g/mol. The molecule has 2 aromatic carbocycles. The first-order valence-electron chi connectivity index (χ1n) is 5.21. The van der Waals surface area contributed by atoms with Gasteiger partial charge < -0.3 is 4.90 Å². The molecule has 0 unspecified atom stereocenters. The first-order chi connectivity index (χ1) is 7.70. The van der Waals surface area contributed by atoms with E-state index >= 15 is 0 Å². The fourth-order valence-corrected chi connectivity index (χ4v) is 1.82. The van der Waals surface area contributed by atoms with Crippen molar-refractivity contribution < 1.29 is 4.39 Å². The van der Waals surface area contributed by atoms with Gasteiger partial charge >= 0.3 is 0 Å². The summed E-state index contributed by atoms with van der Waals surface area (Å²) in [4.78, 5) is 1.80. The highest BCUT2D eigenvalue weighted by molar-refractivity contribution is 5.78. The monoisotopic (exact) mass is 215 g/mol. The maximum atomic E-state index is 13.7. The molecule has 2 rings (SSSR count). The number of nitrogens with zero attached hydrogens (tertiary/aromatic N) is 1. The van der Waals surface area contributed by atoms with Gasteiger partial charge in [-0.05, 0) is 11.6 Å². The summed E-state index contributed by atoms with van der Waals surface area (Å²) in [7, 11) is 3.70. The van der Waals surface area contributed by atoms with Crippen molar-refractivity contribution in [2.75, 3.05) is 19.0 Å². The zero-order chi connectivity index (χ0) is 11.5. The van der Waals surface area contributed by atoms with E-state index in [1.165, 1.54) is 6.07 Å². The highest BCUT2D eigenvalue weighted by Crippen LogP contribution is 2.31. The summed E-state index contributed by atoms with van der Waals surface area (Å²) in [6.07, 6.45) is 0. The second-order valence-electron chi connectivity index (χ2n) is 3.90. The molecule has 0 aliphatic rings. The summed E-state index contributed by atoms with van der Waals surface area (Å²) >= 11 is 0. The standard InChI is InChI=1S/C14H14FN/c1-16(2)14-12(9-6-10-13(14)15)11-7-4-3-5-8-11/h3-10H,1-2H3. The van der Waals surface area contributed by atoms with Gasteiger partial charge in [-0.25, -0.2) is 4.39 Å². The first-order valence-corrected chi connectivity index (χ1v) is 5.21. The minimum Gasteiger partial charge on any atom is -0.375 e. The van der Waals surface area contributed by atoms with Gasteiger partial charge in [0.25, 0.3) is 0 Å². The van der Waals surface area contributed by atoms with Crippen molar-refractivity contribution >= 4 is 5.69 Å². The van der Waals surface area contributed by atoms with E-state index in [0.29, 0.717) is 5.69 Å². The average Bonchev–Trinajstić information content (AvgIpc) is 2.29. The number of benzene rings is 2. The van der Waals surface area contributed by atoms with Crippen molar-refractivity contribution in [3.05, 3.63) is 54.3 Å². The minimum atomic E-state index is -0.189. The third-order valence-electron chi connectivity index (χ3n) is 2.52. The summed E-state index contributed by atoms with van der Waals surface area (Å²) in [5, 5.41) is 0. The quantitative estimate of drug-likeness (QED) is 0.740. The van der Waals surface area contributed by atoms with E-state index in [2.05, 4.69) is 0 Å². The minimum absolute atomic E-state index is 0.189.